The van der Waals surface area contributed by atoms with Gasteiger partial charge >= 0.3 is 0 Å². The number of aliphatic hydroxyl groups excluding tert-OH is 2. The Morgan fingerprint density at radius 3 is 2.44 bits per heavy atom. The van der Waals surface area contributed by atoms with Crippen LogP contribution in [0, 0.1) is 40.4 Å². The highest BCUT2D eigenvalue weighted by Crippen LogP contribution is 2.67. The lowest BCUT2D eigenvalue weighted by atomic mass is 9.44. The highest BCUT2D eigenvalue weighted by Gasteiger charge is 2.61. The summed E-state index contributed by atoms with van der Waals surface area (Å²) in [6.45, 7) is 7.81. The molecule has 0 spiro atoms. The van der Waals surface area contributed by atoms with E-state index in [1.807, 2.05) is 30.3 Å². The number of hydrogen-bond donors (Lipinski definition) is 3. The van der Waals surface area contributed by atoms with Crippen LogP contribution in [-0.4, -0.2) is 34.7 Å². The van der Waals surface area contributed by atoms with Gasteiger partial charge in [-0.1, -0.05) is 44.2 Å². The molecule has 36 heavy (non-hydrogen) atoms. The van der Waals surface area contributed by atoms with E-state index in [4.69, 9.17) is 0 Å². The molecule has 0 aromatic heterocycles. The molecule has 10 unspecified atom stereocenters. The summed E-state index contributed by atoms with van der Waals surface area (Å²) >= 11 is 0. The summed E-state index contributed by atoms with van der Waals surface area (Å²) in [5, 5.41) is 23.1. The number of rotatable bonds is 7. The van der Waals surface area contributed by atoms with Crippen molar-refractivity contribution in [1.29, 1.82) is 0 Å². The number of carbonyl (C=O) groups is 1. The van der Waals surface area contributed by atoms with Crippen LogP contribution in [0.2, 0.25) is 0 Å². The van der Waals surface area contributed by atoms with Gasteiger partial charge in [-0.3, -0.25) is 4.79 Å². The van der Waals surface area contributed by atoms with E-state index in [1.165, 1.54) is 38.5 Å². The molecule has 4 aliphatic carbocycles. The molecule has 202 valence electrons. The molecule has 0 radical (unpaired) electrons. The van der Waals surface area contributed by atoms with Crippen LogP contribution >= 0.6 is 0 Å². The molecule has 5 heteroatoms. The summed E-state index contributed by atoms with van der Waals surface area (Å²) in [4.78, 5) is 13.5. The lowest BCUT2D eigenvalue weighted by Crippen LogP contribution is -3.00. The van der Waals surface area contributed by atoms with Gasteiger partial charge in [-0.25, -0.2) is 0 Å². The molecule has 4 fully saturated rings. The molecule has 4 N–H and O–H groups in total. The smallest absolute Gasteiger partial charge is 0.142 e. The standard InChI is InChI=1S/C31H47NO3.ClH/c1-20(29(35)21-7-5-4-6-8-21)32-18-15-28(34)27-12-11-25-24-10-9-22-19-23(33)13-16-30(22,2)26(24)14-17-31(25,27)3;/h4-8,20,22-27,29,32-33,35H,9-19H2,1-3H3;1H. The van der Waals surface area contributed by atoms with E-state index < -0.39 is 6.10 Å². The van der Waals surface area contributed by atoms with Crippen LogP contribution in [-0.2, 0) is 4.79 Å². The van der Waals surface area contributed by atoms with Crippen molar-refractivity contribution in [2.24, 2.45) is 40.4 Å². The topological polar surface area (TPSA) is 74.1 Å². The van der Waals surface area contributed by atoms with Crippen LogP contribution in [0.1, 0.15) is 96.6 Å². The van der Waals surface area contributed by atoms with E-state index in [0.717, 1.165) is 43.2 Å². The number of ketones is 1. The molecule has 0 aliphatic heterocycles. The maximum atomic E-state index is 13.5. The molecule has 1 aromatic carbocycles. The number of aliphatic hydroxyl groups is 2. The average molecular weight is 518 g/mol. The number of halogens is 1. The van der Waals surface area contributed by atoms with Gasteiger partial charge in [0.25, 0.3) is 0 Å². The Bertz CT molecular complexity index is 895. The third-order valence-corrected chi connectivity index (χ3v) is 11.6. The average Bonchev–Trinajstić information content (AvgIpc) is 3.21. The second-order valence-corrected chi connectivity index (χ2v) is 13.2. The number of hydrogen-bond acceptors (Lipinski definition) is 3. The Morgan fingerprint density at radius 2 is 1.69 bits per heavy atom. The highest BCUT2D eigenvalue weighted by molar-refractivity contribution is 5.82. The highest BCUT2D eigenvalue weighted by atomic mass is 35.5. The van der Waals surface area contributed by atoms with Crippen LogP contribution < -0.4 is 17.7 Å². The van der Waals surface area contributed by atoms with Crippen molar-refractivity contribution in [3.05, 3.63) is 35.9 Å². The number of carbonyl (C=O) groups excluding carboxylic acids is 1. The summed E-state index contributed by atoms with van der Waals surface area (Å²) in [5.41, 5.74) is 1.52. The van der Waals surface area contributed by atoms with Gasteiger partial charge in [0.2, 0.25) is 0 Å². The summed E-state index contributed by atoms with van der Waals surface area (Å²) < 4.78 is 0. The molecule has 5 rings (SSSR count). The van der Waals surface area contributed by atoms with Crippen molar-refractivity contribution < 1.29 is 32.7 Å². The maximum Gasteiger partial charge on any atom is 0.142 e. The zero-order valence-corrected chi connectivity index (χ0v) is 23.3. The van der Waals surface area contributed by atoms with E-state index in [1.54, 1.807) is 0 Å². The summed E-state index contributed by atoms with van der Waals surface area (Å²) in [6.07, 6.45) is 10.6. The van der Waals surface area contributed by atoms with Gasteiger partial charge in [0.05, 0.1) is 19.1 Å². The van der Waals surface area contributed by atoms with Crippen LogP contribution in [0.25, 0.3) is 0 Å². The van der Waals surface area contributed by atoms with Gasteiger partial charge in [0.1, 0.15) is 17.9 Å². The maximum absolute atomic E-state index is 13.5. The number of benzene rings is 1. The van der Waals surface area contributed by atoms with Gasteiger partial charge in [-0.2, -0.15) is 0 Å². The normalized spacial score (nSPS) is 41.2. The first-order valence-corrected chi connectivity index (χ1v) is 14.5. The summed E-state index contributed by atoms with van der Waals surface area (Å²) in [7, 11) is 0. The van der Waals surface area contributed by atoms with Crippen LogP contribution in [0.3, 0.4) is 0 Å². The molecule has 4 nitrogen and oxygen atoms in total. The van der Waals surface area contributed by atoms with Gasteiger partial charge in [-0.05, 0) is 105 Å². The molecule has 1 aromatic rings. The van der Waals surface area contributed by atoms with Gasteiger partial charge in [-0.15, -0.1) is 0 Å². The summed E-state index contributed by atoms with van der Waals surface area (Å²) in [5.74, 6) is 3.63. The Labute approximate surface area is 224 Å². The monoisotopic (exact) mass is 517 g/mol. The van der Waals surface area contributed by atoms with E-state index in [2.05, 4.69) is 26.1 Å². The first-order valence-electron chi connectivity index (χ1n) is 14.5. The Morgan fingerprint density at radius 1 is 1.00 bits per heavy atom. The number of quaternary nitrogens is 1. The van der Waals surface area contributed by atoms with Crippen LogP contribution in [0.4, 0.5) is 0 Å². The quantitative estimate of drug-likeness (QED) is 0.515. The Kier molecular flexibility index (Phi) is 8.61. The number of nitrogens with two attached hydrogens (primary N) is 1. The fourth-order valence-electron chi connectivity index (χ4n) is 9.51. The minimum absolute atomic E-state index is 0. The zero-order chi connectivity index (χ0) is 24.8. The van der Waals surface area contributed by atoms with Gasteiger partial charge < -0.3 is 27.9 Å². The third-order valence-electron chi connectivity index (χ3n) is 11.6. The molecule has 0 saturated heterocycles. The molecular weight excluding hydrogens is 470 g/mol. The second kappa shape index (κ2) is 11.0. The molecule has 0 amide bonds. The Balaban J connectivity index is 0.00000304. The predicted molar refractivity (Wildman–Crippen MR) is 139 cm³/mol. The molecular formula is C31H48ClNO3. The van der Waals surface area contributed by atoms with Crippen molar-refractivity contribution in [3.63, 3.8) is 0 Å². The number of fused-ring (bicyclic) bond motifs is 5. The van der Waals surface area contributed by atoms with Gasteiger partial charge in [0, 0.05) is 5.92 Å². The van der Waals surface area contributed by atoms with Crippen LogP contribution in [0.15, 0.2) is 30.3 Å². The second-order valence-electron chi connectivity index (χ2n) is 13.2. The fourth-order valence-corrected chi connectivity index (χ4v) is 9.51. The Hall–Kier alpha value is -0.940. The first-order chi connectivity index (χ1) is 16.7. The fraction of sp³-hybridized carbons (Fsp3) is 0.774. The zero-order valence-electron chi connectivity index (χ0n) is 22.5. The van der Waals surface area contributed by atoms with Crippen molar-refractivity contribution in [1.82, 2.24) is 0 Å². The molecule has 0 bridgehead atoms. The number of Topliss-reactive ketones (excluding diaryl/α,β-unsaturated/α-hetero) is 1. The largest absolute Gasteiger partial charge is 1.00 e. The van der Waals surface area contributed by atoms with Crippen molar-refractivity contribution in [2.45, 2.75) is 103 Å². The summed E-state index contributed by atoms with van der Waals surface area (Å²) in [6, 6.07) is 9.88. The third kappa shape index (κ3) is 4.93. The minimum Gasteiger partial charge on any atom is -1.00 e. The molecule has 4 aliphatic rings. The van der Waals surface area contributed by atoms with E-state index in [-0.39, 0.29) is 35.9 Å². The first kappa shape index (κ1) is 28.1. The SMILES string of the molecule is CC([NH2+]CCC(=O)C1CCC2C3CCC4CC(O)CCC4(C)C3CCC12C)C(O)c1ccccc1.[Cl-]. The molecule has 10 atom stereocenters. The lowest BCUT2D eigenvalue weighted by Gasteiger charge is -2.60. The van der Waals surface area contributed by atoms with E-state index in [0.29, 0.717) is 29.5 Å². The van der Waals surface area contributed by atoms with E-state index in [9.17, 15) is 15.0 Å². The molecule has 0 heterocycles. The molecule has 4 saturated carbocycles. The van der Waals surface area contributed by atoms with Crippen molar-refractivity contribution in [3.8, 4) is 0 Å². The van der Waals surface area contributed by atoms with Gasteiger partial charge in [0.15, 0.2) is 0 Å². The van der Waals surface area contributed by atoms with Crippen molar-refractivity contribution >= 4 is 5.78 Å². The van der Waals surface area contributed by atoms with Crippen LogP contribution in [0.5, 0.6) is 0 Å². The minimum atomic E-state index is -0.507. The predicted octanol–water partition coefficient (Wildman–Crippen LogP) is 1.65. The van der Waals surface area contributed by atoms with E-state index >= 15 is 0 Å². The lowest BCUT2D eigenvalue weighted by molar-refractivity contribution is -0.693. The van der Waals surface area contributed by atoms with Crippen molar-refractivity contribution in [2.75, 3.05) is 6.54 Å².